The van der Waals surface area contributed by atoms with Gasteiger partial charge in [0.05, 0.1) is 11.2 Å². The molecule has 3 aliphatic carbocycles. The second-order valence-corrected chi connectivity index (χ2v) is 14.8. The van der Waals surface area contributed by atoms with Gasteiger partial charge in [-0.15, -0.1) is 0 Å². The molecule has 1 saturated carbocycles. The molecule has 0 aromatic heterocycles. The standard InChI is InChI=1S/C38H44O8/c1-20(2)10-9-15-36(8)16-14-24-29(39)28-30(40)26-18-23-19-27-35(6,7)46-37(33(23)41,17-13-22(5)34(42)43)38(26,27)45-32(28)25(31(24)44-36)12-11-21(3)4/h10-11,13-14,16,18,23,27,39H,9,12,15,17,19H2,1-8H3,(H,42,43)/b22-13-/t23?,27?,36-,37?,38?/m1/s1. The molecule has 1 spiro atoms. The number of ether oxygens (including phenoxy) is 3. The highest BCUT2D eigenvalue weighted by atomic mass is 16.6. The third kappa shape index (κ3) is 4.47. The van der Waals surface area contributed by atoms with Gasteiger partial charge in [0, 0.05) is 35.0 Å². The SMILES string of the molecule is CC(C)=CCC[C@]1(C)C=Cc2c(O)c3c(c(CC=C(C)C)c2O1)OC12C(=CC4CC1C(C)(C)OC2(C/C=C(/C)C(=O)O)C4=O)C3=O. The van der Waals surface area contributed by atoms with Crippen molar-refractivity contribution in [1.82, 2.24) is 0 Å². The van der Waals surface area contributed by atoms with E-state index in [-0.39, 0.29) is 40.8 Å². The van der Waals surface area contributed by atoms with E-state index in [1.165, 1.54) is 18.6 Å². The molecule has 0 radical (unpaired) electrons. The van der Waals surface area contributed by atoms with Crippen molar-refractivity contribution < 1.29 is 38.8 Å². The maximum atomic E-state index is 14.7. The molecule has 4 unspecified atom stereocenters. The highest BCUT2D eigenvalue weighted by Gasteiger charge is 2.81. The third-order valence-corrected chi connectivity index (χ3v) is 10.5. The first-order valence-corrected chi connectivity index (χ1v) is 16.2. The molecular weight excluding hydrogens is 584 g/mol. The van der Waals surface area contributed by atoms with Crippen LogP contribution in [0.4, 0.5) is 0 Å². The molecule has 3 heterocycles. The fraction of sp³-hybridized carbons (Fsp3) is 0.500. The Morgan fingerprint density at radius 1 is 1.00 bits per heavy atom. The van der Waals surface area contributed by atoms with Crippen LogP contribution >= 0.6 is 0 Å². The van der Waals surface area contributed by atoms with Crippen molar-refractivity contribution in [3.63, 3.8) is 0 Å². The van der Waals surface area contributed by atoms with Gasteiger partial charge in [0.1, 0.15) is 28.4 Å². The molecule has 244 valence electrons. The first-order valence-electron chi connectivity index (χ1n) is 16.2. The summed E-state index contributed by atoms with van der Waals surface area (Å²) in [6, 6.07) is 0. The Labute approximate surface area is 270 Å². The monoisotopic (exact) mass is 628 g/mol. The number of allylic oxidation sites excluding steroid dienone is 5. The van der Waals surface area contributed by atoms with E-state index in [0.29, 0.717) is 41.7 Å². The lowest BCUT2D eigenvalue weighted by Crippen LogP contribution is -2.72. The summed E-state index contributed by atoms with van der Waals surface area (Å²) in [6.45, 7) is 15.4. The normalized spacial score (nSPS) is 31.2. The Balaban J connectivity index is 1.59. The van der Waals surface area contributed by atoms with Crippen molar-refractivity contribution in [3.05, 3.63) is 69.4 Å². The van der Waals surface area contributed by atoms with E-state index in [1.54, 1.807) is 6.08 Å². The number of carbonyl (C=O) groups is 3. The lowest BCUT2D eigenvalue weighted by atomic mass is 9.51. The van der Waals surface area contributed by atoms with E-state index in [0.717, 1.165) is 12.0 Å². The molecule has 2 fully saturated rings. The average Bonchev–Trinajstić information content (AvgIpc) is 3.12. The topological polar surface area (TPSA) is 119 Å². The average molecular weight is 629 g/mol. The van der Waals surface area contributed by atoms with E-state index in [1.807, 2.05) is 52.8 Å². The number of phenolic OH excluding ortho intramolecular Hbond substituents is 1. The van der Waals surface area contributed by atoms with Gasteiger partial charge in [-0.2, -0.15) is 0 Å². The number of carbonyl (C=O) groups excluding carboxylic acids is 2. The van der Waals surface area contributed by atoms with E-state index >= 15 is 0 Å². The lowest BCUT2D eigenvalue weighted by molar-refractivity contribution is -0.171. The Bertz CT molecular complexity index is 1730. The Hall–Kier alpha value is -3.91. The van der Waals surface area contributed by atoms with Crippen LogP contribution in [-0.2, 0) is 20.7 Å². The minimum Gasteiger partial charge on any atom is -0.506 e. The van der Waals surface area contributed by atoms with Crippen molar-refractivity contribution in [3.8, 4) is 17.2 Å². The summed E-state index contributed by atoms with van der Waals surface area (Å²) in [5, 5.41) is 21.4. The van der Waals surface area contributed by atoms with Gasteiger partial charge in [0.2, 0.25) is 0 Å². The molecule has 4 bridgehead atoms. The van der Waals surface area contributed by atoms with Crippen LogP contribution in [0, 0.1) is 11.8 Å². The van der Waals surface area contributed by atoms with Crippen LogP contribution in [0.15, 0.2) is 52.7 Å². The van der Waals surface area contributed by atoms with E-state index in [4.69, 9.17) is 14.2 Å². The predicted molar refractivity (Wildman–Crippen MR) is 174 cm³/mol. The van der Waals surface area contributed by atoms with Gasteiger partial charge in [-0.05, 0) is 93.2 Å². The number of rotatable bonds is 8. The molecule has 0 amide bonds. The van der Waals surface area contributed by atoms with Gasteiger partial charge >= 0.3 is 5.97 Å². The van der Waals surface area contributed by atoms with Gasteiger partial charge < -0.3 is 24.4 Å². The fourth-order valence-electron chi connectivity index (χ4n) is 8.17. The number of aromatic hydroxyl groups is 1. The molecule has 1 aromatic rings. The number of Topliss-reactive ketones (excluding diaryl/α,β-unsaturated/α-hetero) is 2. The van der Waals surface area contributed by atoms with Gasteiger partial charge in [-0.3, -0.25) is 9.59 Å². The summed E-state index contributed by atoms with van der Waals surface area (Å²) in [4.78, 5) is 40.8. The number of hydrogen-bond acceptors (Lipinski definition) is 7. The van der Waals surface area contributed by atoms with Crippen LogP contribution in [-0.4, -0.2) is 50.2 Å². The maximum Gasteiger partial charge on any atom is 0.330 e. The molecule has 7 rings (SSSR count). The number of ketones is 2. The molecule has 46 heavy (non-hydrogen) atoms. The molecule has 2 N–H and O–H groups in total. The molecular formula is C38H44O8. The van der Waals surface area contributed by atoms with E-state index in [2.05, 4.69) is 19.9 Å². The number of carboxylic acid groups (broad SMARTS) is 1. The van der Waals surface area contributed by atoms with Gasteiger partial charge in [-0.1, -0.05) is 35.5 Å². The summed E-state index contributed by atoms with van der Waals surface area (Å²) in [5.74, 6) is -2.28. The summed E-state index contributed by atoms with van der Waals surface area (Å²) >= 11 is 0. The van der Waals surface area contributed by atoms with E-state index < -0.39 is 40.1 Å². The summed E-state index contributed by atoms with van der Waals surface area (Å²) in [7, 11) is 0. The number of aliphatic carboxylic acids is 1. The summed E-state index contributed by atoms with van der Waals surface area (Å²) < 4.78 is 20.6. The second-order valence-electron chi connectivity index (χ2n) is 14.8. The first kappa shape index (κ1) is 32.0. The minimum absolute atomic E-state index is 0.0544. The molecule has 6 aliphatic rings. The number of phenols is 1. The zero-order valence-corrected chi connectivity index (χ0v) is 28.0. The quantitative estimate of drug-likeness (QED) is 0.228. The maximum absolute atomic E-state index is 14.7. The van der Waals surface area contributed by atoms with Crippen LogP contribution < -0.4 is 9.47 Å². The number of hydrogen-bond donors (Lipinski definition) is 2. The van der Waals surface area contributed by atoms with Crippen molar-refractivity contribution in [2.45, 2.75) is 110 Å². The highest BCUT2D eigenvalue weighted by Crippen LogP contribution is 2.68. The van der Waals surface area contributed by atoms with Crippen LogP contribution in [0.3, 0.4) is 0 Å². The van der Waals surface area contributed by atoms with Gasteiger partial charge in [0.15, 0.2) is 22.8 Å². The number of benzene rings is 1. The molecule has 5 atom stereocenters. The third-order valence-electron chi connectivity index (χ3n) is 10.5. The van der Waals surface area contributed by atoms with Gasteiger partial charge in [0.25, 0.3) is 0 Å². The zero-order chi connectivity index (χ0) is 33.6. The van der Waals surface area contributed by atoms with E-state index in [9.17, 15) is 24.6 Å². The summed E-state index contributed by atoms with van der Waals surface area (Å²) in [6.07, 6.45) is 13.4. The van der Waals surface area contributed by atoms with Crippen molar-refractivity contribution in [1.29, 1.82) is 0 Å². The Morgan fingerprint density at radius 2 is 1.70 bits per heavy atom. The predicted octanol–water partition coefficient (Wildman–Crippen LogP) is 7.24. The fourth-order valence-corrected chi connectivity index (χ4v) is 8.17. The first-order chi connectivity index (χ1) is 21.5. The number of fused-ring (bicyclic) bond motifs is 2. The number of carboxylic acids is 1. The highest BCUT2D eigenvalue weighted by molar-refractivity contribution is 6.19. The molecule has 1 saturated heterocycles. The van der Waals surface area contributed by atoms with Crippen LogP contribution in [0.5, 0.6) is 17.2 Å². The summed E-state index contributed by atoms with van der Waals surface area (Å²) in [5.41, 5.74) is -0.952. The molecule has 8 heteroatoms. The Morgan fingerprint density at radius 3 is 2.35 bits per heavy atom. The minimum atomic E-state index is -1.63. The molecule has 1 aromatic carbocycles. The van der Waals surface area contributed by atoms with Crippen LogP contribution in [0.25, 0.3) is 6.08 Å². The largest absolute Gasteiger partial charge is 0.506 e. The van der Waals surface area contributed by atoms with Crippen molar-refractivity contribution in [2.24, 2.45) is 11.8 Å². The van der Waals surface area contributed by atoms with Crippen LogP contribution in [0.1, 0.15) is 103 Å². The smallest absolute Gasteiger partial charge is 0.330 e. The molecule has 8 nitrogen and oxygen atoms in total. The molecule has 3 aliphatic heterocycles. The Kier molecular flexibility index (Phi) is 7.36. The van der Waals surface area contributed by atoms with Crippen molar-refractivity contribution in [2.75, 3.05) is 0 Å². The van der Waals surface area contributed by atoms with Crippen molar-refractivity contribution >= 4 is 23.6 Å². The van der Waals surface area contributed by atoms with Gasteiger partial charge in [-0.25, -0.2) is 4.79 Å². The second kappa shape index (κ2) is 10.6. The lowest BCUT2D eigenvalue weighted by Gasteiger charge is -2.56. The zero-order valence-electron chi connectivity index (χ0n) is 28.0. The van der Waals surface area contributed by atoms with Crippen LogP contribution in [0.2, 0.25) is 0 Å².